The van der Waals surface area contributed by atoms with Crippen LogP contribution in [0, 0.1) is 18.3 Å². The topological polar surface area (TPSA) is 36.9 Å². The maximum absolute atomic E-state index is 9.02. The molecule has 2 rings (SSSR count). The fourth-order valence-electron chi connectivity index (χ4n) is 1.86. The summed E-state index contributed by atoms with van der Waals surface area (Å²) < 4.78 is 5.72. The molecule has 0 radical (unpaired) electrons. The summed E-state index contributed by atoms with van der Waals surface area (Å²) in [6, 6.07) is 10.2. The van der Waals surface area contributed by atoms with Crippen molar-refractivity contribution in [2.45, 2.75) is 26.2 Å². The molecule has 2 heteroatoms. The van der Waals surface area contributed by atoms with Crippen LogP contribution in [0.15, 0.2) is 28.7 Å². The van der Waals surface area contributed by atoms with Gasteiger partial charge in [0.1, 0.15) is 17.3 Å². The molecular weight excluding hydrogens is 186 g/mol. The summed E-state index contributed by atoms with van der Waals surface area (Å²) in [5, 5.41) is 10.1. The van der Waals surface area contributed by atoms with E-state index in [9.17, 15) is 0 Å². The number of fused-ring (bicyclic) bond motifs is 1. The molecule has 0 amide bonds. The zero-order valence-corrected chi connectivity index (χ0v) is 8.95. The standard InChI is InChI=1S/C13H13NO/c1-3-10(8-14)13-9(2)11-6-4-5-7-12(11)15-13/h4-7,10H,3H2,1-2H3. The highest BCUT2D eigenvalue weighted by molar-refractivity contribution is 5.82. The lowest BCUT2D eigenvalue weighted by Gasteiger charge is -2.02. The molecule has 0 aliphatic heterocycles. The van der Waals surface area contributed by atoms with E-state index in [0.717, 1.165) is 28.7 Å². The van der Waals surface area contributed by atoms with Crippen molar-refractivity contribution in [1.29, 1.82) is 5.26 Å². The second-order valence-corrected chi connectivity index (χ2v) is 3.68. The van der Waals surface area contributed by atoms with Gasteiger partial charge < -0.3 is 4.42 Å². The van der Waals surface area contributed by atoms with E-state index >= 15 is 0 Å². The summed E-state index contributed by atoms with van der Waals surface area (Å²) in [6.07, 6.45) is 0.789. The lowest BCUT2D eigenvalue weighted by atomic mass is 10.0. The summed E-state index contributed by atoms with van der Waals surface area (Å²) in [4.78, 5) is 0. The Hall–Kier alpha value is -1.75. The Balaban J connectivity index is 2.63. The maximum Gasteiger partial charge on any atom is 0.134 e. The van der Waals surface area contributed by atoms with Gasteiger partial charge in [0.25, 0.3) is 0 Å². The zero-order chi connectivity index (χ0) is 10.8. The molecule has 1 atom stereocenters. The average Bonchev–Trinajstić information content (AvgIpc) is 2.60. The van der Waals surface area contributed by atoms with Crippen molar-refractivity contribution < 1.29 is 4.42 Å². The van der Waals surface area contributed by atoms with Crippen molar-refractivity contribution >= 4 is 11.0 Å². The van der Waals surface area contributed by atoms with Crippen LogP contribution in [-0.4, -0.2) is 0 Å². The molecule has 1 unspecified atom stereocenters. The molecule has 0 bridgehead atoms. The van der Waals surface area contributed by atoms with Crippen LogP contribution in [-0.2, 0) is 0 Å². The van der Waals surface area contributed by atoms with E-state index in [2.05, 4.69) is 6.07 Å². The Bertz CT molecular complexity index is 519. The number of rotatable bonds is 2. The van der Waals surface area contributed by atoms with Gasteiger partial charge in [0.05, 0.1) is 6.07 Å². The Morgan fingerprint density at radius 3 is 2.73 bits per heavy atom. The zero-order valence-electron chi connectivity index (χ0n) is 8.95. The molecular formula is C13H13NO. The molecule has 0 aliphatic rings. The predicted octanol–water partition coefficient (Wildman–Crippen LogP) is 3.76. The summed E-state index contributed by atoms with van der Waals surface area (Å²) in [5.74, 6) is 0.693. The summed E-state index contributed by atoms with van der Waals surface area (Å²) >= 11 is 0. The predicted molar refractivity (Wildman–Crippen MR) is 59.6 cm³/mol. The minimum absolute atomic E-state index is 0.127. The molecule has 0 saturated carbocycles. The highest BCUT2D eigenvalue weighted by atomic mass is 16.3. The van der Waals surface area contributed by atoms with Crippen LogP contribution in [0.4, 0.5) is 0 Å². The Morgan fingerprint density at radius 2 is 2.13 bits per heavy atom. The molecule has 2 aromatic rings. The summed E-state index contributed by atoms with van der Waals surface area (Å²) in [5.41, 5.74) is 1.97. The van der Waals surface area contributed by atoms with Crippen molar-refractivity contribution in [3.8, 4) is 6.07 Å². The number of benzene rings is 1. The number of nitrogens with zero attached hydrogens (tertiary/aromatic N) is 1. The van der Waals surface area contributed by atoms with Gasteiger partial charge in [-0.15, -0.1) is 0 Å². The van der Waals surface area contributed by atoms with Crippen molar-refractivity contribution in [2.24, 2.45) is 0 Å². The van der Waals surface area contributed by atoms with Crippen LogP contribution >= 0.6 is 0 Å². The van der Waals surface area contributed by atoms with E-state index in [0.29, 0.717) is 0 Å². The molecule has 0 saturated heterocycles. The first-order valence-corrected chi connectivity index (χ1v) is 5.15. The van der Waals surface area contributed by atoms with E-state index in [1.807, 2.05) is 38.1 Å². The number of furan rings is 1. The van der Waals surface area contributed by atoms with Crippen molar-refractivity contribution in [1.82, 2.24) is 0 Å². The van der Waals surface area contributed by atoms with E-state index in [1.54, 1.807) is 0 Å². The highest BCUT2D eigenvalue weighted by Gasteiger charge is 2.17. The normalized spacial score (nSPS) is 12.6. The van der Waals surface area contributed by atoms with Crippen LogP contribution in [0.2, 0.25) is 0 Å². The second-order valence-electron chi connectivity index (χ2n) is 3.68. The largest absolute Gasteiger partial charge is 0.459 e. The van der Waals surface area contributed by atoms with E-state index in [-0.39, 0.29) is 5.92 Å². The maximum atomic E-state index is 9.02. The molecule has 76 valence electrons. The molecule has 0 spiro atoms. The molecule has 15 heavy (non-hydrogen) atoms. The van der Waals surface area contributed by atoms with Crippen LogP contribution < -0.4 is 0 Å². The van der Waals surface area contributed by atoms with Crippen molar-refractivity contribution in [3.63, 3.8) is 0 Å². The fraction of sp³-hybridized carbons (Fsp3) is 0.308. The number of hydrogen-bond acceptors (Lipinski definition) is 2. The van der Waals surface area contributed by atoms with E-state index in [4.69, 9.17) is 9.68 Å². The van der Waals surface area contributed by atoms with Gasteiger partial charge in [-0.3, -0.25) is 0 Å². The number of para-hydroxylation sites is 1. The van der Waals surface area contributed by atoms with Crippen LogP contribution in [0.3, 0.4) is 0 Å². The Kier molecular flexibility index (Phi) is 2.47. The third-order valence-corrected chi connectivity index (χ3v) is 2.76. The number of hydrogen-bond donors (Lipinski definition) is 0. The van der Waals surface area contributed by atoms with Gasteiger partial charge in [-0.05, 0) is 25.0 Å². The van der Waals surface area contributed by atoms with Crippen LogP contribution in [0.5, 0.6) is 0 Å². The van der Waals surface area contributed by atoms with Crippen LogP contribution in [0.25, 0.3) is 11.0 Å². The molecule has 0 aliphatic carbocycles. The van der Waals surface area contributed by atoms with Crippen LogP contribution in [0.1, 0.15) is 30.6 Å². The lowest BCUT2D eigenvalue weighted by molar-refractivity contribution is 0.519. The van der Waals surface area contributed by atoms with Gasteiger partial charge in [0.15, 0.2) is 0 Å². The molecule has 0 fully saturated rings. The van der Waals surface area contributed by atoms with Crippen molar-refractivity contribution in [2.75, 3.05) is 0 Å². The quantitative estimate of drug-likeness (QED) is 0.738. The first-order chi connectivity index (χ1) is 7.27. The third-order valence-electron chi connectivity index (χ3n) is 2.76. The first-order valence-electron chi connectivity index (χ1n) is 5.15. The third kappa shape index (κ3) is 1.50. The number of aryl methyl sites for hydroxylation is 1. The lowest BCUT2D eigenvalue weighted by Crippen LogP contribution is -1.92. The van der Waals surface area contributed by atoms with Gasteiger partial charge >= 0.3 is 0 Å². The minimum atomic E-state index is -0.127. The summed E-state index contributed by atoms with van der Waals surface area (Å²) in [7, 11) is 0. The summed E-state index contributed by atoms with van der Waals surface area (Å²) in [6.45, 7) is 4.02. The van der Waals surface area contributed by atoms with Gasteiger partial charge in [0, 0.05) is 5.39 Å². The van der Waals surface area contributed by atoms with Gasteiger partial charge in [0.2, 0.25) is 0 Å². The molecule has 0 N–H and O–H groups in total. The van der Waals surface area contributed by atoms with Gasteiger partial charge in [-0.25, -0.2) is 0 Å². The molecule has 1 heterocycles. The number of nitriles is 1. The molecule has 1 aromatic carbocycles. The highest BCUT2D eigenvalue weighted by Crippen LogP contribution is 2.31. The smallest absolute Gasteiger partial charge is 0.134 e. The fourth-order valence-corrected chi connectivity index (χ4v) is 1.86. The SMILES string of the molecule is CCC(C#N)c1oc2ccccc2c1C. The van der Waals surface area contributed by atoms with Crippen molar-refractivity contribution in [3.05, 3.63) is 35.6 Å². The molecule has 1 aromatic heterocycles. The minimum Gasteiger partial charge on any atom is -0.459 e. The monoisotopic (exact) mass is 199 g/mol. The van der Waals surface area contributed by atoms with Gasteiger partial charge in [-0.2, -0.15) is 5.26 Å². The Labute approximate surface area is 89.1 Å². The van der Waals surface area contributed by atoms with E-state index in [1.165, 1.54) is 0 Å². The Morgan fingerprint density at radius 1 is 1.40 bits per heavy atom. The first kappa shape index (κ1) is 9.79. The second kappa shape index (κ2) is 3.78. The van der Waals surface area contributed by atoms with Gasteiger partial charge in [-0.1, -0.05) is 25.1 Å². The van der Waals surface area contributed by atoms with E-state index < -0.39 is 0 Å². The molecule has 2 nitrogen and oxygen atoms in total. The average molecular weight is 199 g/mol.